The van der Waals surface area contributed by atoms with E-state index in [-0.39, 0.29) is 5.82 Å². The molecule has 0 saturated heterocycles. The third kappa shape index (κ3) is 2.74. The highest BCUT2D eigenvalue weighted by molar-refractivity contribution is 6.37. The van der Waals surface area contributed by atoms with Crippen LogP contribution < -0.4 is 20.9 Å². The lowest BCUT2D eigenvalue weighted by molar-refractivity contribution is 0.415. The average Bonchev–Trinajstić information content (AvgIpc) is 2.55. The summed E-state index contributed by atoms with van der Waals surface area (Å²) in [4.78, 5) is 8.83. The fourth-order valence-corrected chi connectivity index (χ4v) is 2.90. The maximum Gasteiger partial charge on any atom is 0.163 e. The van der Waals surface area contributed by atoms with E-state index in [2.05, 4.69) is 9.97 Å². The lowest BCUT2D eigenvalue weighted by atomic mass is 10.1. The number of halogens is 2. The molecular formula is C16H14Cl2N4O2. The van der Waals surface area contributed by atoms with Crippen molar-refractivity contribution in [1.82, 2.24) is 9.97 Å². The Kier molecular flexibility index (Phi) is 4.26. The third-order valence-corrected chi connectivity index (χ3v) is 4.17. The van der Waals surface area contributed by atoms with Crippen LogP contribution in [0.1, 0.15) is 0 Å². The summed E-state index contributed by atoms with van der Waals surface area (Å²) in [7, 11) is 3.05. The van der Waals surface area contributed by atoms with Crippen LogP contribution in [-0.2, 0) is 0 Å². The van der Waals surface area contributed by atoms with Crippen molar-refractivity contribution in [3.8, 4) is 22.9 Å². The van der Waals surface area contributed by atoms with Crippen LogP contribution in [0.2, 0.25) is 10.0 Å². The molecular weight excluding hydrogens is 351 g/mol. The van der Waals surface area contributed by atoms with E-state index in [1.807, 2.05) is 0 Å². The summed E-state index contributed by atoms with van der Waals surface area (Å²) in [5.74, 6) is 1.61. The number of fused-ring (bicyclic) bond motifs is 1. The molecule has 0 unspecified atom stereocenters. The van der Waals surface area contributed by atoms with Gasteiger partial charge in [-0.3, -0.25) is 0 Å². The first kappa shape index (κ1) is 16.4. The number of nitrogens with two attached hydrogens (primary N) is 2. The van der Waals surface area contributed by atoms with Gasteiger partial charge in [-0.25, -0.2) is 9.97 Å². The summed E-state index contributed by atoms with van der Waals surface area (Å²) in [6, 6.07) is 6.62. The Morgan fingerprint density at radius 3 is 2.25 bits per heavy atom. The minimum atomic E-state index is 0.286. The molecule has 0 bridgehead atoms. The van der Waals surface area contributed by atoms with E-state index in [4.69, 9.17) is 44.1 Å². The Morgan fingerprint density at radius 1 is 0.875 bits per heavy atom. The number of aromatic nitrogens is 2. The van der Waals surface area contributed by atoms with Gasteiger partial charge in [0.25, 0.3) is 0 Å². The monoisotopic (exact) mass is 364 g/mol. The molecule has 8 heteroatoms. The SMILES string of the molecule is COc1cc2nc(-c3cc(OC)c(Cl)cc3Cl)nc(N)c2cc1N. The second-order valence-electron chi connectivity index (χ2n) is 5.01. The fraction of sp³-hybridized carbons (Fsp3) is 0.125. The number of nitrogen functional groups attached to an aromatic ring is 2. The van der Waals surface area contributed by atoms with E-state index < -0.39 is 0 Å². The number of anilines is 2. The molecule has 6 nitrogen and oxygen atoms in total. The van der Waals surface area contributed by atoms with Crippen LogP contribution in [0.3, 0.4) is 0 Å². The molecule has 1 heterocycles. The molecule has 4 N–H and O–H groups in total. The molecule has 0 amide bonds. The minimum Gasteiger partial charge on any atom is -0.495 e. The van der Waals surface area contributed by atoms with E-state index in [1.54, 1.807) is 24.3 Å². The van der Waals surface area contributed by atoms with Crippen LogP contribution in [0.4, 0.5) is 11.5 Å². The first-order chi connectivity index (χ1) is 11.4. The quantitative estimate of drug-likeness (QED) is 0.686. The normalized spacial score (nSPS) is 10.8. The second kappa shape index (κ2) is 6.22. The Bertz CT molecular complexity index is 947. The summed E-state index contributed by atoms with van der Waals surface area (Å²) < 4.78 is 10.4. The molecule has 2 aromatic carbocycles. The summed E-state index contributed by atoms with van der Waals surface area (Å²) in [5, 5.41) is 1.42. The Hall–Kier alpha value is -2.44. The van der Waals surface area contributed by atoms with Crippen LogP contribution in [0.25, 0.3) is 22.3 Å². The number of benzene rings is 2. The van der Waals surface area contributed by atoms with Crippen molar-refractivity contribution in [2.45, 2.75) is 0 Å². The van der Waals surface area contributed by atoms with Crippen molar-refractivity contribution >= 4 is 45.6 Å². The van der Waals surface area contributed by atoms with Crippen LogP contribution in [0, 0.1) is 0 Å². The molecule has 3 rings (SSSR count). The van der Waals surface area contributed by atoms with E-state index in [9.17, 15) is 0 Å². The van der Waals surface area contributed by atoms with Gasteiger partial charge in [-0.1, -0.05) is 23.2 Å². The summed E-state index contributed by atoms with van der Waals surface area (Å²) in [6.45, 7) is 0. The number of hydrogen-bond donors (Lipinski definition) is 2. The van der Waals surface area contributed by atoms with E-state index in [0.29, 0.717) is 49.5 Å². The van der Waals surface area contributed by atoms with Gasteiger partial charge in [0.15, 0.2) is 5.82 Å². The van der Waals surface area contributed by atoms with Gasteiger partial charge in [0.2, 0.25) is 0 Å². The van der Waals surface area contributed by atoms with E-state index in [0.717, 1.165) is 0 Å². The number of nitrogens with zero attached hydrogens (tertiary/aromatic N) is 2. The maximum absolute atomic E-state index is 6.27. The van der Waals surface area contributed by atoms with Gasteiger partial charge < -0.3 is 20.9 Å². The fourth-order valence-electron chi connectivity index (χ4n) is 2.35. The van der Waals surface area contributed by atoms with Gasteiger partial charge in [-0.2, -0.15) is 0 Å². The number of methoxy groups -OCH3 is 2. The summed E-state index contributed by atoms with van der Waals surface area (Å²) >= 11 is 12.3. The van der Waals surface area contributed by atoms with E-state index >= 15 is 0 Å². The molecule has 0 fully saturated rings. The van der Waals surface area contributed by atoms with Crippen LogP contribution in [0.15, 0.2) is 24.3 Å². The van der Waals surface area contributed by atoms with Gasteiger partial charge in [0, 0.05) is 17.0 Å². The van der Waals surface area contributed by atoms with Crippen LogP contribution >= 0.6 is 23.2 Å². The molecule has 0 radical (unpaired) electrons. The van der Waals surface area contributed by atoms with Crippen molar-refractivity contribution in [3.05, 3.63) is 34.3 Å². The average molecular weight is 365 g/mol. The smallest absolute Gasteiger partial charge is 0.163 e. The van der Waals surface area contributed by atoms with E-state index in [1.165, 1.54) is 14.2 Å². The molecule has 0 atom stereocenters. The van der Waals surface area contributed by atoms with Crippen molar-refractivity contribution in [3.63, 3.8) is 0 Å². The number of ether oxygens (including phenoxy) is 2. The van der Waals surface area contributed by atoms with Crippen molar-refractivity contribution < 1.29 is 9.47 Å². The topological polar surface area (TPSA) is 96.3 Å². The van der Waals surface area contributed by atoms with Crippen molar-refractivity contribution in [2.75, 3.05) is 25.7 Å². The summed E-state index contributed by atoms with van der Waals surface area (Å²) in [5.41, 5.74) is 13.6. The molecule has 3 aromatic rings. The molecule has 124 valence electrons. The zero-order valence-corrected chi connectivity index (χ0v) is 14.4. The van der Waals surface area contributed by atoms with Crippen molar-refractivity contribution in [1.29, 1.82) is 0 Å². The predicted molar refractivity (Wildman–Crippen MR) is 96.9 cm³/mol. The van der Waals surface area contributed by atoms with Gasteiger partial charge in [-0.05, 0) is 18.2 Å². The molecule has 1 aromatic heterocycles. The molecule has 0 aliphatic carbocycles. The first-order valence-electron chi connectivity index (χ1n) is 6.88. The largest absolute Gasteiger partial charge is 0.495 e. The highest BCUT2D eigenvalue weighted by Crippen LogP contribution is 2.37. The van der Waals surface area contributed by atoms with Gasteiger partial charge >= 0.3 is 0 Å². The van der Waals surface area contributed by atoms with Gasteiger partial charge in [-0.15, -0.1) is 0 Å². The molecule has 0 aliphatic rings. The highest BCUT2D eigenvalue weighted by atomic mass is 35.5. The lowest BCUT2D eigenvalue weighted by Gasteiger charge is -2.11. The standard InChI is InChI=1S/C16H14Cl2N4O2/c1-23-13-4-7(9(17)5-10(13)18)16-21-12-6-14(24-2)11(19)3-8(12)15(20)22-16/h3-6H,19H2,1-2H3,(H2,20,21,22). The molecule has 0 spiro atoms. The minimum absolute atomic E-state index is 0.286. The zero-order valence-electron chi connectivity index (χ0n) is 12.9. The third-order valence-electron chi connectivity index (χ3n) is 3.56. The van der Waals surface area contributed by atoms with Crippen molar-refractivity contribution in [2.24, 2.45) is 0 Å². The van der Waals surface area contributed by atoms with Crippen LogP contribution in [0.5, 0.6) is 11.5 Å². The maximum atomic E-state index is 6.27. The first-order valence-corrected chi connectivity index (χ1v) is 7.64. The summed E-state index contributed by atoms with van der Waals surface area (Å²) in [6.07, 6.45) is 0. The predicted octanol–water partition coefficient (Wildman–Crippen LogP) is 3.79. The molecule has 24 heavy (non-hydrogen) atoms. The number of rotatable bonds is 3. The second-order valence-corrected chi connectivity index (χ2v) is 5.82. The Balaban J connectivity index is 2.26. The zero-order chi connectivity index (χ0) is 17.4. The highest BCUT2D eigenvalue weighted by Gasteiger charge is 2.15. The van der Waals surface area contributed by atoms with Gasteiger partial charge in [0.05, 0.1) is 35.5 Å². The molecule has 0 aliphatic heterocycles. The molecule has 0 saturated carbocycles. The Morgan fingerprint density at radius 2 is 1.58 bits per heavy atom. The van der Waals surface area contributed by atoms with Crippen LogP contribution in [-0.4, -0.2) is 24.2 Å². The lowest BCUT2D eigenvalue weighted by Crippen LogP contribution is -2.01. The van der Waals surface area contributed by atoms with Gasteiger partial charge in [0.1, 0.15) is 17.3 Å². The Labute approximate surface area is 148 Å². The number of hydrogen-bond acceptors (Lipinski definition) is 6.